The number of aryl methyl sites for hydroxylation is 2. The smallest absolute Gasteiger partial charge is 0.0843 e. The largest absolute Gasteiger partial charge is 0.366 e. The Hall–Kier alpha value is -5.64. The molecule has 0 amide bonds. The van der Waals surface area contributed by atoms with Gasteiger partial charge in [-0.1, -0.05) is 108 Å². The van der Waals surface area contributed by atoms with Gasteiger partial charge in [0.15, 0.2) is 0 Å². The highest BCUT2D eigenvalue weighted by atomic mass is 16.5. The lowest BCUT2D eigenvalue weighted by Gasteiger charge is -2.31. The molecule has 11 rings (SSSR count). The summed E-state index contributed by atoms with van der Waals surface area (Å²) >= 11 is 0. The van der Waals surface area contributed by atoms with Gasteiger partial charge in [0.05, 0.1) is 34.3 Å². The second kappa shape index (κ2) is 9.95. The highest BCUT2D eigenvalue weighted by molar-refractivity contribution is 6.14. The normalized spacial score (nSPS) is 20.6. The predicted molar refractivity (Wildman–Crippen MR) is 203 cm³/mol. The first-order valence-corrected chi connectivity index (χ1v) is 17.4. The van der Waals surface area contributed by atoms with Crippen LogP contribution in [0, 0.1) is 13.8 Å². The number of benzene rings is 6. The Labute approximate surface area is 285 Å². The minimum Gasteiger partial charge on any atom is -0.366 e. The van der Waals surface area contributed by atoms with Crippen LogP contribution in [0.4, 0.5) is 0 Å². The molecule has 1 aliphatic heterocycles. The summed E-state index contributed by atoms with van der Waals surface area (Å²) in [5.74, 6) is 0.337. The summed E-state index contributed by atoms with van der Waals surface area (Å²) in [4.78, 5) is 0. The summed E-state index contributed by atoms with van der Waals surface area (Å²) in [5, 5.41) is 5.30. The molecular formula is C46H34N2O. The van der Waals surface area contributed by atoms with Gasteiger partial charge >= 0.3 is 0 Å². The van der Waals surface area contributed by atoms with Gasteiger partial charge in [0.2, 0.25) is 0 Å². The maximum Gasteiger partial charge on any atom is 0.0843 e. The fraction of sp³-hybridized carbons (Fsp3) is 0.130. The number of rotatable bonds is 2. The van der Waals surface area contributed by atoms with Gasteiger partial charge < -0.3 is 13.9 Å². The molecule has 0 saturated carbocycles. The monoisotopic (exact) mass is 630 g/mol. The molecule has 234 valence electrons. The van der Waals surface area contributed by atoms with E-state index in [1.807, 2.05) is 0 Å². The Balaban J connectivity index is 1.21. The third kappa shape index (κ3) is 3.71. The third-order valence-corrected chi connectivity index (χ3v) is 11.4. The fourth-order valence-electron chi connectivity index (χ4n) is 9.33. The summed E-state index contributed by atoms with van der Waals surface area (Å²) in [6.07, 6.45) is 9.23. The molecule has 0 spiro atoms. The first kappa shape index (κ1) is 27.3. The van der Waals surface area contributed by atoms with Crippen LogP contribution in [0.3, 0.4) is 0 Å². The predicted octanol–water partition coefficient (Wildman–Crippen LogP) is 11.2. The molecule has 1 fully saturated rings. The van der Waals surface area contributed by atoms with E-state index in [2.05, 4.69) is 169 Å². The zero-order valence-corrected chi connectivity index (χ0v) is 27.5. The molecule has 49 heavy (non-hydrogen) atoms. The highest BCUT2D eigenvalue weighted by Crippen LogP contribution is 2.57. The van der Waals surface area contributed by atoms with Gasteiger partial charge in [0.1, 0.15) is 0 Å². The zero-order valence-electron chi connectivity index (χ0n) is 27.5. The molecule has 2 aliphatic carbocycles. The molecule has 0 bridgehead atoms. The Morgan fingerprint density at radius 1 is 0.449 bits per heavy atom. The zero-order chi connectivity index (χ0) is 32.4. The van der Waals surface area contributed by atoms with Crippen molar-refractivity contribution in [3.8, 4) is 11.4 Å². The molecule has 6 aromatic carbocycles. The van der Waals surface area contributed by atoms with Crippen LogP contribution >= 0.6 is 0 Å². The van der Waals surface area contributed by atoms with Gasteiger partial charge in [-0.15, -0.1) is 0 Å². The number of nitrogens with zero attached hydrogens (tertiary/aromatic N) is 2. The molecule has 4 atom stereocenters. The number of hydrogen-bond donors (Lipinski definition) is 0. The molecule has 0 N–H and O–H groups in total. The van der Waals surface area contributed by atoms with Crippen LogP contribution in [0.5, 0.6) is 0 Å². The average molecular weight is 631 g/mol. The van der Waals surface area contributed by atoms with Crippen molar-refractivity contribution in [1.29, 1.82) is 0 Å². The van der Waals surface area contributed by atoms with Gasteiger partial charge in [0.25, 0.3) is 0 Å². The van der Waals surface area contributed by atoms with Crippen molar-refractivity contribution in [3.05, 3.63) is 167 Å². The number of hydrogen-bond acceptors (Lipinski definition) is 1. The number of ether oxygens (including phenoxy) is 1. The Bertz CT molecular complexity index is 2530. The molecule has 3 aliphatic rings. The molecule has 3 nitrogen and oxygen atoms in total. The van der Waals surface area contributed by atoms with E-state index >= 15 is 0 Å². The minimum absolute atomic E-state index is 0.00843. The SMILES string of the molecule is Cc1ccc(-n2c3ccccc3c3c4c(ccc32)C=CC2OC3C=Cc5ccc6c(c5C3C42)c2ccccc2n6-c2ccc(C)cc2)cc1. The molecular weight excluding hydrogens is 597 g/mol. The summed E-state index contributed by atoms with van der Waals surface area (Å²) in [5.41, 5.74) is 15.3. The van der Waals surface area contributed by atoms with Gasteiger partial charge in [-0.25, -0.2) is 0 Å². The van der Waals surface area contributed by atoms with E-state index in [-0.39, 0.29) is 24.0 Å². The lowest BCUT2D eigenvalue weighted by Crippen LogP contribution is -2.22. The molecule has 4 unspecified atom stereocenters. The van der Waals surface area contributed by atoms with Crippen molar-refractivity contribution in [2.75, 3.05) is 0 Å². The van der Waals surface area contributed by atoms with Crippen molar-refractivity contribution >= 4 is 55.8 Å². The summed E-state index contributed by atoms with van der Waals surface area (Å²) < 4.78 is 11.9. The molecule has 8 aromatic rings. The van der Waals surface area contributed by atoms with Gasteiger partial charge in [0, 0.05) is 44.8 Å². The van der Waals surface area contributed by atoms with E-state index in [1.54, 1.807) is 0 Å². The molecule has 0 radical (unpaired) electrons. The fourth-order valence-corrected chi connectivity index (χ4v) is 9.33. The van der Waals surface area contributed by atoms with Crippen molar-refractivity contribution in [2.45, 2.75) is 37.9 Å². The van der Waals surface area contributed by atoms with Crippen molar-refractivity contribution < 1.29 is 4.74 Å². The molecule has 3 heteroatoms. The maximum atomic E-state index is 7.03. The van der Waals surface area contributed by atoms with E-state index in [9.17, 15) is 0 Å². The van der Waals surface area contributed by atoms with Gasteiger partial charge in [-0.2, -0.15) is 0 Å². The highest BCUT2D eigenvalue weighted by Gasteiger charge is 2.49. The van der Waals surface area contributed by atoms with Gasteiger partial charge in [-0.3, -0.25) is 0 Å². The number of para-hydroxylation sites is 2. The van der Waals surface area contributed by atoms with E-state index in [0.29, 0.717) is 0 Å². The first-order chi connectivity index (χ1) is 24.1. The summed E-state index contributed by atoms with van der Waals surface area (Å²) in [6.45, 7) is 4.31. The van der Waals surface area contributed by atoms with Crippen LogP contribution < -0.4 is 0 Å². The van der Waals surface area contributed by atoms with E-state index in [1.165, 1.54) is 88.4 Å². The van der Waals surface area contributed by atoms with Crippen molar-refractivity contribution in [3.63, 3.8) is 0 Å². The molecule has 2 aromatic heterocycles. The maximum absolute atomic E-state index is 7.03. The van der Waals surface area contributed by atoms with E-state index < -0.39 is 0 Å². The number of aromatic nitrogens is 2. The van der Waals surface area contributed by atoms with Crippen LogP contribution in [-0.4, -0.2) is 21.3 Å². The Kier molecular flexibility index (Phi) is 5.55. The van der Waals surface area contributed by atoms with Crippen LogP contribution in [0.1, 0.15) is 45.2 Å². The van der Waals surface area contributed by atoms with Crippen molar-refractivity contribution in [1.82, 2.24) is 9.13 Å². The standard InChI is InChI=1S/C46H34N2O/c1-27-11-19-31(20-12-27)47-35-9-5-3-7-33(35)43-37(47)23-15-29-17-25-39-45(41(29)43)46-40(49-39)26-18-30-16-24-38-44(42(30)46)34-8-4-6-10-36(34)48(38)32-21-13-28(2)14-22-32/h3-26,39-40,45-46H,1-2H3. The number of fused-ring (bicyclic) bond motifs is 15. The lowest BCUT2D eigenvalue weighted by molar-refractivity contribution is 0.0933. The lowest BCUT2D eigenvalue weighted by atomic mass is 9.69. The Morgan fingerprint density at radius 2 is 0.878 bits per heavy atom. The first-order valence-electron chi connectivity index (χ1n) is 17.4. The van der Waals surface area contributed by atoms with E-state index in [4.69, 9.17) is 4.74 Å². The van der Waals surface area contributed by atoms with Crippen LogP contribution in [0.15, 0.2) is 133 Å². The quantitative estimate of drug-likeness (QED) is 0.186. The van der Waals surface area contributed by atoms with Crippen molar-refractivity contribution in [2.24, 2.45) is 0 Å². The van der Waals surface area contributed by atoms with Crippen LogP contribution in [0.2, 0.25) is 0 Å². The topological polar surface area (TPSA) is 19.1 Å². The Morgan fingerprint density at radius 3 is 1.33 bits per heavy atom. The summed E-state index contributed by atoms with van der Waals surface area (Å²) in [7, 11) is 0. The van der Waals surface area contributed by atoms with Crippen LogP contribution in [-0.2, 0) is 4.74 Å². The second-order valence-corrected chi connectivity index (χ2v) is 14.1. The summed E-state index contributed by atoms with van der Waals surface area (Å²) in [6, 6.07) is 45.1. The second-order valence-electron chi connectivity index (χ2n) is 14.1. The van der Waals surface area contributed by atoms with Gasteiger partial charge in [-0.05, 0) is 84.6 Å². The average Bonchev–Trinajstić information content (AvgIpc) is 3.80. The van der Waals surface area contributed by atoms with Crippen LogP contribution in [0.25, 0.3) is 67.1 Å². The van der Waals surface area contributed by atoms with E-state index in [0.717, 1.165) is 0 Å². The molecule has 3 heterocycles. The molecule has 1 saturated heterocycles. The third-order valence-electron chi connectivity index (χ3n) is 11.4. The minimum atomic E-state index is -0.00843.